The zero-order chi connectivity index (χ0) is 19.3. The van der Waals surface area contributed by atoms with Gasteiger partial charge in [-0.15, -0.1) is 0 Å². The topological polar surface area (TPSA) is 80.6 Å². The number of carbonyl (C=O) groups is 1. The summed E-state index contributed by atoms with van der Waals surface area (Å²) in [6.07, 6.45) is 0. The number of hydrogen-bond acceptors (Lipinski definition) is 4. The lowest BCUT2D eigenvalue weighted by Crippen LogP contribution is -2.41. The van der Waals surface area contributed by atoms with Crippen LogP contribution < -0.4 is 21.0 Å². The summed E-state index contributed by atoms with van der Waals surface area (Å²) in [6, 6.07) is 17.7. The van der Waals surface area contributed by atoms with Crippen LogP contribution in [0.5, 0.6) is 5.75 Å². The number of ether oxygens (including phenoxy) is 1. The normalized spacial score (nSPS) is 15.8. The Morgan fingerprint density at radius 2 is 1.71 bits per heavy atom. The lowest BCUT2D eigenvalue weighted by Gasteiger charge is -2.27. The Balaban J connectivity index is 1.78. The maximum absolute atomic E-state index is 13.0. The first kappa shape index (κ1) is 16.4. The van der Waals surface area contributed by atoms with Crippen molar-refractivity contribution in [2.24, 2.45) is 0 Å². The number of urea groups is 1. The number of rotatable bonds is 2. The van der Waals surface area contributed by atoms with Crippen LogP contribution in [-0.2, 0) is 0 Å². The smallest absolute Gasteiger partial charge is 0.344 e. The molecule has 28 heavy (non-hydrogen) atoms. The molecule has 138 valence electrons. The van der Waals surface area contributed by atoms with Gasteiger partial charge in [-0.25, -0.2) is 9.59 Å². The first-order valence-electron chi connectivity index (χ1n) is 8.85. The van der Waals surface area contributed by atoms with Crippen LogP contribution in [-0.4, -0.2) is 13.1 Å². The number of fused-ring (bicyclic) bond motifs is 5. The molecule has 1 atom stereocenters. The van der Waals surface area contributed by atoms with Gasteiger partial charge in [0.1, 0.15) is 11.3 Å². The molecule has 5 rings (SSSR count). The molecular weight excluding hydrogens is 356 g/mol. The fraction of sp³-hybridized carbons (Fsp3) is 0.0909. The summed E-state index contributed by atoms with van der Waals surface area (Å²) in [5.41, 5.74) is 1.63. The number of hydrogen-bond donors (Lipinski definition) is 2. The molecule has 1 aliphatic rings. The fourth-order valence-electron chi connectivity index (χ4n) is 3.74. The van der Waals surface area contributed by atoms with E-state index >= 15 is 0 Å². The predicted octanol–water partition coefficient (Wildman–Crippen LogP) is 4.18. The van der Waals surface area contributed by atoms with Gasteiger partial charge in [-0.2, -0.15) is 0 Å². The second-order valence-electron chi connectivity index (χ2n) is 6.65. The maximum Gasteiger partial charge on any atom is 0.344 e. The van der Waals surface area contributed by atoms with E-state index < -0.39 is 11.7 Å². The third kappa shape index (κ3) is 2.42. The average Bonchev–Trinajstić information content (AvgIpc) is 2.73. The number of benzene rings is 3. The molecule has 1 aromatic heterocycles. The SMILES string of the molecule is COc1ccc(C2NC(=O)Nc3c2c(=O)oc2c3ccc3ccccc32)cc1. The van der Waals surface area contributed by atoms with Crippen molar-refractivity contribution in [3.63, 3.8) is 0 Å². The van der Waals surface area contributed by atoms with Crippen molar-refractivity contribution >= 4 is 33.5 Å². The third-order valence-corrected chi connectivity index (χ3v) is 5.08. The molecule has 0 aliphatic carbocycles. The molecule has 2 N–H and O–H groups in total. The van der Waals surface area contributed by atoms with Crippen LogP contribution in [0.25, 0.3) is 21.7 Å². The quantitative estimate of drug-likeness (QED) is 0.409. The van der Waals surface area contributed by atoms with Crippen molar-refractivity contribution in [3.05, 3.63) is 82.2 Å². The van der Waals surface area contributed by atoms with Gasteiger partial charge in [0, 0.05) is 10.8 Å². The monoisotopic (exact) mass is 372 g/mol. The van der Waals surface area contributed by atoms with Gasteiger partial charge in [0.25, 0.3) is 0 Å². The molecule has 1 unspecified atom stereocenters. The summed E-state index contributed by atoms with van der Waals surface area (Å²) in [7, 11) is 1.59. The molecule has 0 bridgehead atoms. The van der Waals surface area contributed by atoms with E-state index in [0.29, 0.717) is 28.0 Å². The highest BCUT2D eigenvalue weighted by atomic mass is 16.5. The molecular formula is C22H16N2O4. The van der Waals surface area contributed by atoms with Crippen LogP contribution in [0.1, 0.15) is 17.2 Å². The zero-order valence-corrected chi connectivity index (χ0v) is 15.0. The van der Waals surface area contributed by atoms with Gasteiger partial charge in [-0.05, 0) is 29.1 Å². The Labute approximate surface area is 159 Å². The highest BCUT2D eigenvalue weighted by Crippen LogP contribution is 2.37. The fourth-order valence-corrected chi connectivity index (χ4v) is 3.74. The first-order chi connectivity index (χ1) is 13.7. The maximum atomic E-state index is 13.0. The van der Waals surface area contributed by atoms with E-state index in [4.69, 9.17) is 9.15 Å². The van der Waals surface area contributed by atoms with Crippen molar-refractivity contribution in [1.82, 2.24) is 5.32 Å². The largest absolute Gasteiger partial charge is 0.497 e. The van der Waals surface area contributed by atoms with E-state index in [1.54, 1.807) is 19.2 Å². The van der Waals surface area contributed by atoms with E-state index in [0.717, 1.165) is 16.3 Å². The van der Waals surface area contributed by atoms with E-state index in [1.807, 2.05) is 48.5 Å². The molecule has 2 amide bonds. The van der Waals surface area contributed by atoms with Gasteiger partial charge in [0.15, 0.2) is 0 Å². The highest BCUT2D eigenvalue weighted by molar-refractivity contribution is 6.11. The zero-order valence-electron chi connectivity index (χ0n) is 15.0. The summed E-state index contributed by atoms with van der Waals surface area (Å²) < 4.78 is 10.9. The number of anilines is 1. The van der Waals surface area contributed by atoms with Gasteiger partial charge >= 0.3 is 11.7 Å². The number of carbonyl (C=O) groups excluding carboxylic acids is 1. The summed E-state index contributed by atoms with van der Waals surface area (Å²) in [5.74, 6) is 0.696. The van der Waals surface area contributed by atoms with E-state index in [1.165, 1.54) is 0 Å². The molecule has 3 aromatic carbocycles. The summed E-state index contributed by atoms with van der Waals surface area (Å²) in [4.78, 5) is 25.3. The van der Waals surface area contributed by atoms with Crippen molar-refractivity contribution in [2.45, 2.75) is 6.04 Å². The molecule has 0 saturated carbocycles. The van der Waals surface area contributed by atoms with Crippen LogP contribution in [0.15, 0.2) is 69.9 Å². The third-order valence-electron chi connectivity index (χ3n) is 5.08. The molecule has 0 saturated heterocycles. The van der Waals surface area contributed by atoms with Gasteiger partial charge in [-0.3, -0.25) is 0 Å². The van der Waals surface area contributed by atoms with E-state index in [9.17, 15) is 9.59 Å². The van der Waals surface area contributed by atoms with Crippen molar-refractivity contribution in [1.29, 1.82) is 0 Å². The van der Waals surface area contributed by atoms with Crippen LogP contribution in [0.3, 0.4) is 0 Å². The summed E-state index contributed by atoms with van der Waals surface area (Å²) in [5, 5.41) is 8.10. The number of amides is 2. The Morgan fingerprint density at radius 3 is 2.50 bits per heavy atom. The molecule has 1 aliphatic heterocycles. The molecule has 0 fully saturated rings. The van der Waals surface area contributed by atoms with Crippen molar-refractivity contribution in [2.75, 3.05) is 12.4 Å². The van der Waals surface area contributed by atoms with Gasteiger partial charge in [0.2, 0.25) is 0 Å². The first-order valence-corrected chi connectivity index (χ1v) is 8.85. The Hall–Kier alpha value is -3.80. The van der Waals surface area contributed by atoms with Crippen LogP contribution in [0.2, 0.25) is 0 Å². The van der Waals surface area contributed by atoms with Crippen LogP contribution in [0, 0.1) is 0 Å². The molecule has 4 aromatic rings. The Bertz CT molecular complexity index is 1290. The molecule has 0 radical (unpaired) electrons. The second-order valence-corrected chi connectivity index (χ2v) is 6.65. The minimum Gasteiger partial charge on any atom is -0.497 e. The van der Waals surface area contributed by atoms with E-state index in [2.05, 4.69) is 10.6 Å². The lowest BCUT2D eigenvalue weighted by atomic mass is 9.94. The number of nitrogens with one attached hydrogen (secondary N) is 2. The number of methoxy groups -OCH3 is 1. The van der Waals surface area contributed by atoms with Gasteiger partial charge in [0.05, 0.1) is 24.4 Å². The van der Waals surface area contributed by atoms with E-state index in [-0.39, 0.29) is 6.03 Å². The Kier molecular flexibility index (Phi) is 3.58. The van der Waals surface area contributed by atoms with Crippen molar-refractivity contribution < 1.29 is 13.9 Å². The summed E-state index contributed by atoms with van der Waals surface area (Å²) >= 11 is 0. The van der Waals surface area contributed by atoms with Crippen LogP contribution >= 0.6 is 0 Å². The molecule has 0 spiro atoms. The average molecular weight is 372 g/mol. The molecule has 6 nitrogen and oxygen atoms in total. The Morgan fingerprint density at radius 1 is 0.929 bits per heavy atom. The standard InChI is InChI=1S/C22H16N2O4/c1-27-14-9-6-13(7-10-14)18-17-19(24-22(26)23-18)16-11-8-12-4-2-3-5-15(12)20(16)28-21(17)25/h2-11,18H,1H3,(H2,23,24,26). The molecule has 2 heterocycles. The lowest BCUT2D eigenvalue weighted by molar-refractivity contribution is 0.248. The summed E-state index contributed by atoms with van der Waals surface area (Å²) in [6.45, 7) is 0. The van der Waals surface area contributed by atoms with Crippen molar-refractivity contribution in [3.8, 4) is 5.75 Å². The predicted molar refractivity (Wildman–Crippen MR) is 107 cm³/mol. The second kappa shape index (κ2) is 6.13. The highest BCUT2D eigenvalue weighted by Gasteiger charge is 2.31. The van der Waals surface area contributed by atoms with Gasteiger partial charge < -0.3 is 19.8 Å². The van der Waals surface area contributed by atoms with Gasteiger partial charge in [-0.1, -0.05) is 42.5 Å². The van der Waals surface area contributed by atoms with Crippen LogP contribution in [0.4, 0.5) is 10.5 Å². The minimum absolute atomic E-state index is 0.367. The minimum atomic E-state index is -0.609. The molecule has 6 heteroatoms.